The molecule has 2 amide bonds. The van der Waals surface area contributed by atoms with Crippen LogP contribution in [0.1, 0.15) is 174 Å². The smallest absolute Gasteiger partial charge is 0.394 e. The lowest BCUT2D eigenvalue weighted by molar-refractivity contribution is -0.150. The average Bonchev–Trinajstić information content (AvgIpc) is 3.05. The van der Waals surface area contributed by atoms with E-state index in [2.05, 4.69) is 36.6 Å². The number of aliphatic carboxylic acids is 2. The number of allylic oxidation sites excluding steroid dienone is 2. The van der Waals surface area contributed by atoms with Gasteiger partial charge >= 0.3 is 23.8 Å². The van der Waals surface area contributed by atoms with Crippen molar-refractivity contribution in [3.63, 3.8) is 0 Å². The zero-order valence-electron chi connectivity index (χ0n) is 30.1. The fraction of sp³-hybridized carbons (Fsp3) is 0.846. The zero-order chi connectivity index (χ0) is 34.5. The summed E-state index contributed by atoms with van der Waals surface area (Å²) in [6.45, 7) is 5.44. The molecule has 0 aromatic carbocycles. The lowest BCUT2D eigenvalue weighted by Gasteiger charge is -2.41. The van der Waals surface area contributed by atoms with E-state index in [1.54, 1.807) is 0 Å². The van der Waals surface area contributed by atoms with Crippen molar-refractivity contribution in [1.29, 1.82) is 0 Å². The molecule has 1 rings (SSSR count). The van der Waals surface area contributed by atoms with Gasteiger partial charge < -0.3 is 20.8 Å². The van der Waals surface area contributed by atoms with Crippen molar-refractivity contribution in [2.75, 3.05) is 13.1 Å². The van der Waals surface area contributed by atoms with Crippen LogP contribution < -0.4 is 10.6 Å². The van der Waals surface area contributed by atoms with Crippen molar-refractivity contribution in [3.8, 4) is 0 Å². The maximum atomic E-state index is 11.2. The summed E-state index contributed by atoms with van der Waals surface area (Å²) in [4.78, 5) is 43.7. The Balaban J connectivity index is 2.68. The molecule has 0 spiro atoms. The number of carbonyl (C=O) groups excluding carboxylic acids is 2. The predicted octanol–water partition coefficient (Wildman–Crippen LogP) is 9.21. The third kappa shape index (κ3) is 21.3. The second kappa shape index (κ2) is 28.6. The number of hydrogen-bond acceptors (Lipinski definition) is 4. The highest BCUT2D eigenvalue weighted by Crippen LogP contribution is 2.44. The van der Waals surface area contributed by atoms with Crippen LogP contribution in [0.5, 0.6) is 0 Å². The second-order valence-electron chi connectivity index (χ2n) is 14.0. The SMILES string of the molecule is CCCCCCCCC1C(CCCCCC)C=CC(CCCCCCCNC(=O)C(=O)O)C1CCCCCCCCNC(=O)C(=O)O. The third-order valence-corrected chi connectivity index (χ3v) is 10.2. The van der Waals surface area contributed by atoms with Gasteiger partial charge in [-0.2, -0.15) is 0 Å². The molecule has 0 fully saturated rings. The van der Waals surface area contributed by atoms with Crippen LogP contribution >= 0.6 is 0 Å². The number of hydrogen-bond donors (Lipinski definition) is 4. The van der Waals surface area contributed by atoms with Crippen molar-refractivity contribution in [3.05, 3.63) is 12.2 Å². The van der Waals surface area contributed by atoms with E-state index in [-0.39, 0.29) is 0 Å². The minimum Gasteiger partial charge on any atom is -0.474 e. The first-order chi connectivity index (χ1) is 22.8. The van der Waals surface area contributed by atoms with Crippen LogP contribution in [0.3, 0.4) is 0 Å². The van der Waals surface area contributed by atoms with Crippen molar-refractivity contribution in [1.82, 2.24) is 10.6 Å². The van der Waals surface area contributed by atoms with Crippen molar-refractivity contribution >= 4 is 23.8 Å². The highest BCUT2D eigenvalue weighted by atomic mass is 16.4. The van der Waals surface area contributed by atoms with Gasteiger partial charge in [-0.25, -0.2) is 9.59 Å². The van der Waals surface area contributed by atoms with Crippen LogP contribution in [0.4, 0.5) is 0 Å². The first kappa shape index (κ1) is 42.6. The van der Waals surface area contributed by atoms with E-state index in [1.165, 1.54) is 122 Å². The number of rotatable bonds is 29. The first-order valence-corrected chi connectivity index (χ1v) is 19.5. The van der Waals surface area contributed by atoms with Gasteiger partial charge in [-0.1, -0.05) is 148 Å². The average molecular weight is 663 g/mol. The molecule has 47 heavy (non-hydrogen) atoms. The second-order valence-corrected chi connectivity index (χ2v) is 14.0. The zero-order valence-corrected chi connectivity index (χ0v) is 30.1. The molecule has 0 aliphatic heterocycles. The summed E-state index contributed by atoms with van der Waals surface area (Å²) in [6.07, 6.45) is 35.8. The van der Waals surface area contributed by atoms with E-state index in [0.29, 0.717) is 24.9 Å². The van der Waals surface area contributed by atoms with E-state index in [9.17, 15) is 19.2 Å². The molecule has 4 unspecified atom stereocenters. The Morgan fingerprint density at radius 1 is 0.447 bits per heavy atom. The van der Waals surface area contributed by atoms with Gasteiger partial charge in [-0.3, -0.25) is 9.59 Å². The van der Waals surface area contributed by atoms with Gasteiger partial charge in [0.15, 0.2) is 0 Å². The maximum absolute atomic E-state index is 11.2. The number of carboxylic acid groups (broad SMARTS) is 2. The van der Waals surface area contributed by atoms with Gasteiger partial charge in [0.2, 0.25) is 0 Å². The highest BCUT2D eigenvalue weighted by Gasteiger charge is 2.34. The van der Waals surface area contributed by atoms with Crippen LogP contribution in [0.25, 0.3) is 0 Å². The van der Waals surface area contributed by atoms with Crippen LogP contribution in [-0.2, 0) is 19.2 Å². The number of carboxylic acids is 2. The summed E-state index contributed by atoms with van der Waals surface area (Å²) in [5, 5.41) is 22.3. The van der Waals surface area contributed by atoms with E-state index < -0.39 is 23.8 Å². The largest absolute Gasteiger partial charge is 0.474 e. The summed E-state index contributed by atoms with van der Waals surface area (Å²) >= 11 is 0. The molecule has 0 saturated heterocycles. The molecule has 0 bridgehead atoms. The lowest BCUT2D eigenvalue weighted by atomic mass is 9.64. The Kier molecular flexibility index (Phi) is 26.0. The van der Waals surface area contributed by atoms with Gasteiger partial charge in [0, 0.05) is 13.1 Å². The van der Waals surface area contributed by atoms with E-state index in [4.69, 9.17) is 10.2 Å². The van der Waals surface area contributed by atoms with Crippen LogP contribution in [0, 0.1) is 23.7 Å². The molecule has 272 valence electrons. The molecule has 0 radical (unpaired) electrons. The summed E-state index contributed by atoms with van der Waals surface area (Å²) < 4.78 is 0. The number of unbranched alkanes of at least 4 members (excludes halogenated alkanes) is 17. The van der Waals surface area contributed by atoms with Crippen molar-refractivity contribution in [2.45, 2.75) is 174 Å². The highest BCUT2D eigenvalue weighted by molar-refractivity contribution is 6.31. The molecule has 1 aliphatic rings. The molecule has 0 saturated carbocycles. The molecule has 1 aliphatic carbocycles. The van der Waals surface area contributed by atoms with Crippen molar-refractivity contribution in [2.24, 2.45) is 23.7 Å². The minimum absolute atomic E-state index is 0.430. The summed E-state index contributed by atoms with van der Waals surface area (Å²) in [6, 6.07) is 0. The number of carbonyl (C=O) groups is 4. The molecule has 4 atom stereocenters. The van der Waals surface area contributed by atoms with Crippen LogP contribution in [0.15, 0.2) is 12.2 Å². The lowest BCUT2D eigenvalue weighted by Crippen LogP contribution is -2.32. The fourth-order valence-electron chi connectivity index (χ4n) is 7.45. The fourth-order valence-corrected chi connectivity index (χ4v) is 7.45. The molecule has 8 nitrogen and oxygen atoms in total. The topological polar surface area (TPSA) is 133 Å². The Labute approximate surface area is 286 Å². The van der Waals surface area contributed by atoms with Gasteiger partial charge in [-0.15, -0.1) is 0 Å². The Bertz CT molecular complexity index is 876. The monoisotopic (exact) mass is 663 g/mol. The Hall–Kier alpha value is -2.38. The van der Waals surface area contributed by atoms with Crippen molar-refractivity contribution < 1.29 is 29.4 Å². The first-order valence-electron chi connectivity index (χ1n) is 19.5. The van der Waals surface area contributed by atoms with Gasteiger partial charge in [0.05, 0.1) is 0 Å². The molecule has 8 heteroatoms. The Morgan fingerprint density at radius 2 is 0.745 bits per heavy atom. The summed E-state index contributed by atoms with van der Waals surface area (Å²) in [5.74, 6) is -1.76. The van der Waals surface area contributed by atoms with E-state index in [1.807, 2.05) is 0 Å². The van der Waals surface area contributed by atoms with E-state index >= 15 is 0 Å². The molecule has 0 aromatic heterocycles. The molecular formula is C39H70N2O6. The number of nitrogens with one attached hydrogen (secondary N) is 2. The standard InChI is InChI=1S/C39H70N2O6/c1-3-5-7-9-14-20-26-34-32(24-18-8-6-4-2)28-29-33(25-19-13-12-17-23-31-41-37(43)39(46)47)35(34)27-21-15-10-11-16-22-30-40-36(42)38(44)45/h28-29,32-35H,3-27,30-31H2,1-2H3,(H,40,42)(H,41,43)(H,44,45)(H,46,47). The predicted molar refractivity (Wildman–Crippen MR) is 191 cm³/mol. The van der Waals surface area contributed by atoms with Crippen LogP contribution in [0.2, 0.25) is 0 Å². The molecule has 0 aromatic rings. The third-order valence-electron chi connectivity index (χ3n) is 10.2. The summed E-state index contributed by atoms with van der Waals surface area (Å²) in [5.41, 5.74) is 0. The summed E-state index contributed by atoms with van der Waals surface area (Å²) in [7, 11) is 0. The molecular weight excluding hydrogens is 592 g/mol. The van der Waals surface area contributed by atoms with Gasteiger partial charge in [-0.05, 0) is 62.2 Å². The Morgan fingerprint density at radius 3 is 1.11 bits per heavy atom. The minimum atomic E-state index is -1.42. The van der Waals surface area contributed by atoms with Crippen LogP contribution in [-0.4, -0.2) is 47.1 Å². The quantitative estimate of drug-likeness (QED) is 0.0359. The van der Waals surface area contributed by atoms with Gasteiger partial charge in [0.25, 0.3) is 0 Å². The maximum Gasteiger partial charge on any atom is 0.394 e. The molecule has 0 heterocycles. The number of amides is 2. The normalized spacial score (nSPS) is 19.0. The molecule has 4 N–H and O–H groups in total. The van der Waals surface area contributed by atoms with Gasteiger partial charge in [0.1, 0.15) is 0 Å². The van der Waals surface area contributed by atoms with E-state index in [0.717, 1.165) is 50.4 Å².